The number of rotatable bonds is 6. The summed E-state index contributed by atoms with van der Waals surface area (Å²) >= 11 is 0. The lowest BCUT2D eigenvalue weighted by Crippen LogP contribution is -2.57. The molecule has 7 heteroatoms. The van der Waals surface area contributed by atoms with Gasteiger partial charge in [-0.2, -0.15) is 0 Å². The quantitative estimate of drug-likeness (QED) is 0.777. The van der Waals surface area contributed by atoms with Crippen molar-refractivity contribution < 1.29 is 24.2 Å². The van der Waals surface area contributed by atoms with Crippen LogP contribution in [0.3, 0.4) is 0 Å². The molecule has 0 radical (unpaired) electrons. The summed E-state index contributed by atoms with van der Waals surface area (Å²) in [6.07, 6.45) is 1.62. The summed E-state index contributed by atoms with van der Waals surface area (Å²) in [6, 6.07) is 7.08. The van der Waals surface area contributed by atoms with Crippen LogP contribution < -0.4 is 5.32 Å². The van der Waals surface area contributed by atoms with E-state index >= 15 is 0 Å². The first kappa shape index (κ1) is 20.8. The Morgan fingerprint density at radius 1 is 1.25 bits per heavy atom. The molecule has 0 saturated carbocycles. The highest BCUT2D eigenvalue weighted by atomic mass is 16.5. The monoisotopic (exact) mass is 390 g/mol. The Bertz CT molecular complexity index is 670. The Morgan fingerprint density at radius 3 is 2.54 bits per heavy atom. The van der Waals surface area contributed by atoms with Crippen molar-refractivity contribution >= 4 is 17.5 Å². The number of nitrogens with one attached hydrogen (secondary N) is 1. The van der Waals surface area contributed by atoms with E-state index in [1.165, 1.54) is 0 Å². The second kappa shape index (κ2) is 9.49. The van der Waals surface area contributed by atoms with Gasteiger partial charge in [-0.1, -0.05) is 26.0 Å². The zero-order chi connectivity index (χ0) is 20.1. The fourth-order valence-corrected chi connectivity index (χ4v) is 3.96. The number of carbonyl (C=O) groups is 2. The van der Waals surface area contributed by atoms with Crippen molar-refractivity contribution in [3.05, 3.63) is 29.8 Å². The fourth-order valence-electron chi connectivity index (χ4n) is 3.96. The normalized spacial score (nSPS) is 23.9. The van der Waals surface area contributed by atoms with Crippen LogP contribution in [0.15, 0.2) is 24.3 Å². The van der Waals surface area contributed by atoms with Gasteiger partial charge in [-0.05, 0) is 36.5 Å². The van der Waals surface area contributed by atoms with Gasteiger partial charge in [0, 0.05) is 31.4 Å². The SMILES string of the molecule is CC(C)CC(=O)Nc1ccc([C@H]2OCC(=O)N(C3CCOCC3)[C@@H]2CO)cc1. The third kappa shape index (κ3) is 4.90. The van der Waals surface area contributed by atoms with E-state index in [1.807, 2.05) is 38.1 Å². The van der Waals surface area contributed by atoms with E-state index in [0.717, 1.165) is 24.1 Å². The molecule has 2 N–H and O–H groups in total. The highest BCUT2D eigenvalue weighted by Crippen LogP contribution is 2.33. The minimum atomic E-state index is -0.425. The van der Waals surface area contributed by atoms with Crippen LogP contribution in [0, 0.1) is 5.92 Å². The predicted octanol–water partition coefficient (Wildman–Crippen LogP) is 2.11. The van der Waals surface area contributed by atoms with Crippen molar-refractivity contribution in [1.29, 1.82) is 0 Å². The molecule has 2 aliphatic heterocycles. The molecule has 2 saturated heterocycles. The molecule has 7 nitrogen and oxygen atoms in total. The number of aliphatic hydroxyl groups is 1. The topological polar surface area (TPSA) is 88.1 Å². The molecule has 1 aromatic rings. The van der Waals surface area contributed by atoms with Gasteiger partial charge >= 0.3 is 0 Å². The maximum atomic E-state index is 12.5. The minimum absolute atomic E-state index is 0.00536. The van der Waals surface area contributed by atoms with E-state index in [1.54, 1.807) is 4.90 Å². The highest BCUT2D eigenvalue weighted by Gasteiger charge is 2.41. The number of benzene rings is 1. The predicted molar refractivity (Wildman–Crippen MR) is 105 cm³/mol. The Hall–Kier alpha value is -1.96. The first-order valence-electron chi connectivity index (χ1n) is 10.0. The van der Waals surface area contributed by atoms with E-state index in [0.29, 0.717) is 25.6 Å². The fraction of sp³-hybridized carbons (Fsp3) is 0.619. The number of amides is 2. The van der Waals surface area contributed by atoms with Crippen molar-refractivity contribution in [3.63, 3.8) is 0 Å². The van der Waals surface area contributed by atoms with Gasteiger partial charge in [-0.25, -0.2) is 0 Å². The van der Waals surface area contributed by atoms with Crippen LogP contribution in [-0.2, 0) is 19.1 Å². The second-order valence-corrected chi connectivity index (χ2v) is 7.89. The first-order chi connectivity index (χ1) is 13.5. The average Bonchev–Trinajstić information content (AvgIpc) is 2.68. The number of morpholine rings is 1. The summed E-state index contributed by atoms with van der Waals surface area (Å²) in [5.41, 5.74) is 1.61. The summed E-state index contributed by atoms with van der Waals surface area (Å²) < 4.78 is 11.2. The second-order valence-electron chi connectivity index (χ2n) is 7.89. The zero-order valence-electron chi connectivity index (χ0n) is 16.6. The lowest BCUT2D eigenvalue weighted by molar-refractivity contribution is -0.168. The molecular formula is C21H30N2O5. The van der Waals surface area contributed by atoms with E-state index in [2.05, 4.69) is 5.32 Å². The van der Waals surface area contributed by atoms with Gasteiger partial charge in [-0.3, -0.25) is 9.59 Å². The van der Waals surface area contributed by atoms with E-state index in [9.17, 15) is 14.7 Å². The molecular weight excluding hydrogens is 360 g/mol. The standard InChI is InChI=1S/C21H30N2O5/c1-14(2)11-19(25)22-16-5-3-15(4-6-16)21-18(12-24)23(20(26)13-28-21)17-7-9-27-10-8-17/h3-6,14,17-18,21,24H,7-13H2,1-2H3,(H,22,25)/t18-,21-/m1/s1. The zero-order valence-corrected chi connectivity index (χ0v) is 16.6. The summed E-state index contributed by atoms with van der Waals surface area (Å²) in [7, 11) is 0. The summed E-state index contributed by atoms with van der Waals surface area (Å²) in [4.78, 5) is 26.2. The van der Waals surface area contributed by atoms with Crippen molar-refractivity contribution in [3.8, 4) is 0 Å². The molecule has 2 fully saturated rings. The number of nitrogens with zero attached hydrogens (tertiary/aromatic N) is 1. The largest absolute Gasteiger partial charge is 0.394 e. The van der Waals surface area contributed by atoms with E-state index in [-0.39, 0.29) is 31.1 Å². The van der Waals surface area contributed by atoms with Crippen LogP contribution in [0.1, 0.15) is 44.8 Å². The van der Waals surface area contributed by atoms with Crippen LogP contribution in [0.2, 0.25) is 0 Å². The highest BCUT2D eigenvalue weighted by molar-refractivity contribution is 5.90. The lowest BCUT2D eigenvalue weighted by Gasteiger charge is -2.45. The van der Waals surface area contributed by atoms with Gasteiger partial charge in [0.15, 0.2) is 0 Å². The van der Waals surface area contributed by atoms with Gasteiger partial charge in [0.25, 0.3) is 0 Å². The third-order valence-electron chi connectivity index (χ3n) is 5.27. The number of ether oxygens (including phenoxy) is 2. The summed E-state index contributed by atoms with van der Waals surface area (Å²) in [6.45, 7) is 5.10. The molecule has 2 amide bonds. The maximum Gasteiger partial charge on any atom is 0.249 e. The molecule has 2 atom stereocenters. The number of aliphatic hydroxyl groups excluding tert-OH is 1. The molecule has 154 valence electrons. The molecule has 0 unspecified atom stereocenters. The lowest BCUT2D eigenvalue weighted by atomic mass is 9.95. The first-order valence-corrected chi connectivity index (χ1v) is 10.0. The van der Waals surface area contributed by atoms with Crippen molar-refractivity contribution in [1.82, 2.24) is 4.90 Å². The minimum Gasteiger partial charge on any atom is -0.394 e. The van der Waals surface area contributed by atoms with Crippen LogP contribution in [-0.4, -0.2) is 60.3 Å². The van der Waals surface area contributed by atoms with Crippen molar-refractivity contribution in [2.75, 3.05) is 31.7 Å². The Morgan fingerprint density at radius 2 is 1.93 bits per heavy atom. The molecule has 0 spiro atoms. The number of hydrogen-bond acceptors (Lipinski definition) is 5. The van der Waals surface area contributed by atoms with Crippen LogP contribution in [0.25, 0.3) is 0 Å². The number of hydrogen-bond donors (Lipinski definition) is 2. The Kier molecular flexibility index (Phi) is 7.04. The van der Waals surface area contributed by atoms with Gasteiger partial charge < -0.3 is 24.8 Å². The average molecular weight is 390 g/mol. The van der Waals surface area contributed by atoms with Gasteiger partial charge in [0.05, 0.1) is 12.6 Å². The summed E-state index contributed by atoms with van der Waals surface area (Å²) in [5.74, 6) is 0.204. The van der Waals surface area contributed by atoms with Crippen LogP contribution in [0.5, 0.6) is 0 Å². The molecule has 0 aromatic heterocycles. The maximum absolute atomic E-state index is 12.5. The van der Waals surface area contributed by atoms with Gasteiger partial charge in [0.1, 0.15) is 12.7 Å². The Labute approximate surface area is 166 Å². The molecule has 0 aliphatic carbocycles. The number of carbonyl (C=O) groups excluding carboxylic acids is 2. The molecule has 0 bridgehead atoms. The number of anilines is 1. The third-order valence-corrected chi connectivity index (χ3v) is 5.27. The van der Waals surface area contributed by atoms with E-state index < -0.39 is 12.1 Å². The molecule has 1 aromatic carbocycles. The smallest absolute Gasteiger partial charge is 0.249 e. The summed E-state index contributed by atoms with van der Waals surface area (Å²) in [5, 5.41) is 12.9. The molecule has 3 rings (SSSR count). The van der Waals surface area contributed by atoms with E-state index in [4.69, 9.17) is 9.47 Å². The van der Waals surface area contributed by atoms with Crippen molar-refractivity contribution in [2.24, 2.45) is 5.92 Å². The molecule has 2 heterocycles. The Balaban J connectivity index is 1.72. The van der Waals surface area contributed by atoms with Crippen LogP contribution >= 0.6 is 0 Å². The molecule has 28 heavy (non-hydrogen) atoms. The molecule has 2 aliphatic rings. The van der Waals surface area contributed by atoms with Crippen molar-refractivity contribution in [2.45, 2.75) is 51.3 Å². The van der Waals surface area contributed by atoms with Crippen LogP contribution in [0.4, 0.5) is 5.69 Å². The van der Waals surface area contributed by atoms with Gasteiger partial charge in [0.2, 0.25) is 11.8 Å². The van der Waals surface area contributed by atoms with Gasteiger partial charge in [-0.15, -0.1) is 0 Å².